The minimum Gasteiger partial charge on any atom is -0.256 e. The van der Waals surface area contributed by atoms with Gasteiger partial charge in [0.15, 0.2) is 0 Å². The van der Waals surface area contributed by atoms with Crippen LogP contribution in [-0.2, 0) is 0 Å². The van der Waals surface area contributed by atoms with Gasteiger partial charge in [0, 0.05) is 11.9 Å². The van der Waals surface area contributed by atoms with Crippen LogP contribution in [0.1, 0.15) is 51.8 Å². The molecule has 1 heterocycles. The van der Waals surface area contributed by atoms with Crippen molar-refractivity contribution < 1.29 is 0 Å². The molecule has 0 aliphatic rings. The van der Waals surface area contributed by atoms with Crippen LogP contribution in [-0.4, -0.2) is 10.7 Å². The van der Waals surface area contributed by atoms with Gasteiger partial charge in [-0.25, -0.2) is 0 Å². The molecule has 0 N–H and O–H groups in total. The van der Waals surface area contributed by atoms with Crippen LogP contribution in [0, 0.1) is 0 Å². The molecule has 0 atom stereocenters. The van der Waals surface area contributed by atoms with Gasteiger partial charge in [-0.05, 0) is 44.4 Å². The van der Waals surface area contributed by atoms with E-state index in [0.717, 1.165) is 17.1 Å². The molecule has 0 spiro atoms. The highest BCUT2D eigenvalue weighted by Crippen LogP contribution is 2.30. The van der Waals surface area contributed by atoms with Gasteiger partial charge in [0.2, 0.25) is 0 Å². The summed E-state index contributed by atoms with van der Waals surface area (Å²) in [4.78, 5) is 8.97. The average molecular weight is 216 g/mol. The molecule has 0 unspecified atom stereocenters. The van der Waals surface area contributed by atoms with E-state index in [0.29, 0.717) is 5.92 Å². The second-order valence-corrected chi connectivity index (χ2v) is 4.35. The maximum absolute atomic E-state index is 4.60. The largest absolute Gasteiger partial charge is 0.256 e. The van der Waals surface area contributed by atoms with E-state index in [1.165, 1.54) is 5.56 Å². The van der Waals surface area contributed by atoms with Gasteiger partial charge in [0.1, 0.15) is 0 Å². The summed E-state index contributed by atoms with van der Waals surface area (Å²) in [5, 5.41) is 0. The van der Waals surface area contributed by atoms with Gasteiger partial charge in [-0.15, -0.1) is 0 Å². The summed E-state index contributed by atoms with van der Waals surface area (Å²) >= 11 is 0. The van der Waals surface area contributed by atoms with Crippen LogP contribution in [0.5, 0.6) is 0 Å². The van der Waals surface area contributed by atoms with Crippen LogP contribution >= 0.6 is 0 Å². The van der Waals surface area contributed by atoms with Gasteiger partial charge in [0.05, 0.1) is 11.4 Å². The molecular weight excluding hydrogens is 196 g/mol. The van der Waals surface area contributed by atoms with Gasteiger partial charge in [-0.1, -0.05) is 19.9 Å². The Morgan fingerprint density at radius 3 is 2.56 bits per heavy atom. The predicted molar refractivity (Wildman–Crippen MR) is 71.5 cm³/mol. The maximum Gasteiger partial charge on any atom is 0.0920 e. The number of hydrogen-bond acceptors (Lipinski definition) is 2. The van der Waals surface area contributed by atoms with Gasteiger partial charge >= 0.3 is 0 Å². The quantitative estimate of drug-likeness (QED) is 0.689. The molecule has 86 valence electrons. The molecule has 0 amide bonds. The molecule has 2 nitrogen and oxygen atoms in total. The van der Waals surface area contributed by atoms with Crippen LogP contribution in [0.15, 0.2) is 23.3 Å². The number of hydrogen-bond donors (Lipinski definition) is 0. The maximum atomic E-state index is 4.60. The number of allylic oxidation sites excluding steroid dienone is 1. The molecule has 0 fully saturated rings. The monoisotopic (exact) mass is 216 g/mol. The third-order valence-corrected chi connectivity index (χ3v) is 2.27. The van der Waals surface area contributed by atoms with Gasteiger partial charge in [-0.3, -0.25) is 9.98 Å². The standard InChI is InChI=1S/C14H20N2/c1-6-7-13-14(16-11(4)5)12(10(2)3)8-9-15-13/h6-10H,1-5H3/b7-6-. The van der Waals surface area contributed by atoms with Crippen LogP contribution in [0.25, 0.3) is 6.08 Å². The highest BCUT2D eigenvalue weighted by Gasteiger charge is 2.09. The fraction of sp³-hybridized carbons (Fsp3) is 0.429. The summed E-state index contributed by atoms with van der Waals surface area (Å²) in [7, 11) is 0. The van der Waals surface area contributed by atoms with Crippen molar-refractivity contribution in [2.45, 2.75) is 40.5 Å². The van der Waals surface area contributed by atoms with E-state index in [1.54, 1.807) is 0 Å². The molecule has 1 aromatic heterocycles. The fourth-order valence-corrected chi connectivity index (χ4v) is 1.58. The first kappa shape index (κ1) is 12.6. The molecule has 16 heavy (non-hydrogen) atoms. The van der Waals surface area contributed by atoms with Crippen molar-refractivity contribution in [3.05, 3.63) is 29.6 Å². The lowest BCUT2D eigenvalue weighted by Crippen LogP contribution is -1.94. The van der Waals surface area contributed by atoms with E-state index in [1.807, 2.05) is 39.1 Å². The molecule has 0 aromatic carbocycles. The fourth-order valence-electron chi connectivity index (χ4n) is 1.58. The van der Waals surface area contributed by atoms with Crippen molar-refractivity contribution in [2.75, 3.05) is 0 Å². The summed E-state index contributed by atoms with van der Waals surface area (Å²) in [5.74, 6) is 0.463. The van der Waals surface area contributed by atoms with Crippen molar-refractivity contribution >= 4 is 17.5 Å². The first-order valence-corrected chi connectivity index (χ1v) is 5.69. The zero-order valence-electron chi connectivity index (χ0n) is 10.8. The Balaban J connectivity index is 3.40. The summed E-state index contributed by atoms with van der Waals surface area (Å²) in [6.45, 7) is 10.4. The lowest BCUT2D eigenvalue weighted by molar-refractivity contribution is 0.862. The molecule has 0 aliphatic heterocycles. The topological polar surface area (TPSA) is 25.2 Å². The summed E-state index contributed by atoms with van der Waals surface area (Å²) in [6.07, 6.45) is 5.86. The number of nitrogens with zero attached hydrogens (tertiary/aromatic N) is 2. The lowest BCUT2D eigenvalue weighted by Gasteiger charge is -2.11. The number of pyridine rings is 1. The second-order valence-electron chi connectivity index (χ2n) is 4.35. The van der Waals surface area contributed by atoms with E-state index in [4.69, 9.17) is 0 Å². The Morgan fingerprint density at radius 1 is 1.38 bits per heavy atom. The minimum absolute atomic E-state index is 0.463. The summed E-state index contributed by atoms with van der Waals surface area (Å²) in [5.41, 5.74) is 4.27. The van der Waals surface area contributed by atoms with Crippen molar-refractivity contribution in [3.63, 3.8) is 0 Å². The molecular formula is C14H20N2. The molecule has 1 aromatic rings. The van der Waals surface area contributed by atoms with E-state index in [-0.39, 0.29) is 0 Å². The molecule has 0 bridgehead atoms. The van der Waals surface area contributed by atoms with Crippen LogP contribution in [0.3, 0.4) is 0 Å². The summed E-state index contributed by atoms with van der Waals surface area (Å²) < 4.78 is 0. The van der Waals surface area contributed by atoms with Gasteiger partial charge < -0.3 is 0 Å². The minimum atomic E-state index is 0.463. The average Bonchev–Trinajstić information content (AvgIpc) is 2.19. The van der Waals surface area contributed by atoms with Crippen LogP contribution in [0.2, 0.25) is 0 Å². The first-order chi connectivity index (χ1) is 7.56. The van der Waals surface area contributed by atoms with Crippen molar-refractivity contribution in [1.29, 1.82) is 0 Å². The van der Waals surface area contributed by atoms with Crippen LogP contribution in [0.4, 0.5) is 5.69 Å². The molecule has 0 saturated carbocycles. The first-order valence-electron chi connectivity index (χ1n) is 5.69. The number of aromatic nitrogens is 1. The van der Waals surface area contributed by atoms with Gasteiger partial charge in [0.25, 0.3) is 0 Å². The molecule has 2 heteroatoms. The Bertz CT molecular complexity index is 411. The van der Waals surface area contributed by atoms with E-state index in [2.05, 4.69) is 29.9 Å². The number of rotatable bonds is 3. The third-order valence-electron chi connectivity index (χ3n) is 2.27. The van der Waals surface area contributed by atoms with E-state index in [9.17, 15) is 0 Å². The highest BCUT2D eigenvalue weighted by molar-refractivity contribution is 5.84. The SMILES string of the molecule is C/C=C\c1nccc(C(C)C)c1N=C(C)C. The molecule has 0 saturated heterocycles. The van der Waals surface area contributed by atoms with E-state index < -0.39 is 0 Å². The molecule has 0 aliphatic carbocycles. The Morgan fingerprint density at radius 2 is 2.06 bits per heavy atom. The zero-order valence-corrected chi connectivity index (χ0v) is 10.8. The summed E-state index contributed by atoms with van der Waals surface area (Å²) in [6, 6.07) is 2.06. The lowest BCUT2D eigenvalue weighted by atomic mass is 10.0. The molecule has 0 radical (unpaired) electrons. The normalized spacial score (nSPS) is 11.1. The Hall–Kier alpha value is -1.44. The molecule has 1 rings (SSSR count). The smallest absolute Gasteiger partial charge is 0.0920 e. The van der Waals surface area contributed by atoms with Crippen LogP contribution < -0.4 is 0 Å². The van der Waals surface area contributed by atoms with Crippen molar-refractivity contribution in [1.82, 2.24) is 4.98 Å². The van der Waals surface area contributed by atoms with Crippen molar-refractivity contribution in [2.24, 2.45) is 4.99 Å². The van der Waals surface area contributed by atoms with Gasteiger partial charge in [-0.2, -0.15) is 0 Å². The number of aliphatic imine (C=N–C) groups is 1. The second kappa shape index (κ2) is 5.59. The highest BCUT2D eigenvalue weighted by atomic mass is 14.8. The Labute approximate surface area is 98.1 Å². The third kappa shape index (κ3) is 3.02. The Kier molecular flexibility index (Phi) is 4.41. The predicted octanol–water partition coefficient (Wildman–Crippen LogP) is 4.35. The zero-order chi connectivity index (χ0) is 12.1. The van der Waals surface area contributed by atoms with E-state index >= 15 is 0 Å². The van der Waals surface area contributed by atoms with Crippen molar-refractivity contribution in [3.8, 4) is 0 Å².